The lowest BCUT2D eigenvalue weighted by atomic mass is 10.1. The van der Waals surface area contributed by atoms with E-state index in [4.69, 9.17) is 11.6 Å². The highest BCUT2D eigenvalue weighted by molar-refractivity contribution is 6.30. The highest BCUT2D eigenvalue weighted by Crippen LogP contribution is 2.30. The third-order valence-corrected chi connectivity index (χ3v) is 4.57. The van der Waals surface area contributed by atoms with Crippen LogP contribution in [0.15, 0.2) is 48.5 Å². The van der Waals surface area contributed by atoms with E-state index < -0.39 is 5.92 Å². The highest BCUT2D eigenvalue weighted by atomic mass is 35.5. The van der Waals surface area contributed by atoms with Gasteiger partial charge in [0.15, 0.2) is 5.82 Å². The SMILES string of the molecule is O=C(Nc1ccc(Cl)cc1)C1CC(=O)N(c2n[nH]c3ccccc23)C1. The summed E-state index contributed by atoms with van der Waals surface area (Å²) >= 11 is 5.84. The van der Waals surface area contributed by atoms with Gasteiger partial charge in [-0.3, -0.25) is 19.6 Å². The van der Waals surface area contributed by atoms with Gasteiger partial charge >= 0.3 is 0 Å². The molecule has 126 valence electrons. The Bertz CT molecular complexity index is 951. The summed E-state index contributed by atoms with van der Waals surface area (Å²) in [7, 11) is 0. The number of fused-ring (bicyclic) bond motifs is 1. The number of hydrogen-bond acceptors (Lipinski definition) is 3. The molecule has 2 N–H and O–H groups in total. The second kappa shape index (κ2) is 6.22. The normalized spacial score (nSPS) is 17.2. The summed E-state index contributed by atoms with van der Waals surface area (Å²) in [6, 6.07) is 14.5. The standard InChI is InChI=1S/C18H15ClN4O2/c19-12-5-7-13(8-6-12)20-18(25)11-9-16(24)23(10-11)17-14-3-1-2-4-15(14)21-22-17/h1-8,11H,9-10H2,(H,20,25)(H,21,22). The molecule has 2 heterocycles. The number of aromatic amines is 1. The van der Waals surface area contributed by atoms with Gasteiger partial charge in [0, 0.05) is 29.1 Å². The summed E-state index contributed by atoms with van der Waals surface area (Å²) in [6.45, 7) is 0.313. The van der Waals surface area contributed by atoms with Gasteiger partial charge in [0.1, 0.15) is 0 Å². The van der Waals surface area contributed by atoms with Crippen LogP contribution < -0.4 is 10.2 Å². The number of amides is 2. The molecule has 1 aliphatic heterocycles. The molecule has 0 spiro atoms. The number of aromatic nitrogens is 2. The molecule has 2 amide bonds. The van der Waals surface area contributed by atoms with Crippen molar-refractivity contribution < 1.29 is 9.59 Å². The first-order chi connectivity index (χ1) is 12.1. The van der Waals surface area contributed by atoms with E-state index in [9.17, 15) is 9.59 Å². The quantitative estimate of drug-likeness (QED) is 0.758. The van der Waals surface area contributed by atoms with Gasteiger partial charge in [-0.25, -0.2) is 0 Å². The fraction of sp³-hybridized carbons (Fsp3) is 0.167. The van der Waals surface area contributed by atoms with Crippen molar-refractivity contribution in [1.29, 1.82) is 0 Å². The Morgan fingerprint density at radius 3 is 2.76 bits per heavy atom. The molecule has 25 heavy (non-hydrogen) atoms. The lowest BCUT2D eigenvalue weighted by Crippen LogP contribution is -2.28. The van der Waals surface area contributed by atoms with Crippen molar-refractivity contribution in [3.63, 3.8) is 0 Å². The fourth-order valence-corrected chi connectivity index (χ4v) is 3.15. The lowest BCUT2D eigenvalue weighted by molar-refractivity contribution is -0.122. The average molecular weight is 355 g/mol. The van der Waals surface area contributed by atoms with Crippen molar-refractivity contribution in [2.75, 3.05) is 16.8 Å². The summed E-state index contributed by atoms with van der Waals surface area (Å²) < 4.78 is 0. The number of para-hydroxylation sites is 1. The van der Waals surface area contributed by atoms with E-state index in [0.717, 1.165) is 10.9 Å². The van der Waals surface area contributed by atoms with Gasteiger partial charge in [-0.05, 0) is 36.4 Å². The monoisotopic (exact) mass is 354 g/mol. The van der Waals surface area contributed by atoms with Crippen molar-refractivity contribution in [2.45, 2.75) is 6.42 Å². The Balaban J connectivity index is 1.52. The van der Waals surface area contributed by atoms with Crippen LogP contribution in [0.3, 0.4) is 0 Å². The molecule has 1 aliphatic rings. The summed E-state index contributed by atoms with van der Waals surface area (Å²) in [4.78, 5) is 26.5. The molecule has 1 saturated heterocycles. The zero-order valence-corrected chi connectivity index (χ0v) is 14.0. The number of halogens is 1. The van der Waals surface area contributed by atoms with E-state index >= 15 is 0 Å². The molecule has 7 heteroatoms. The number of H-pyrrole nitrogens is 1. The van der Waals surface area contributed by atoms with Crippen molar-refractivity contribution in [3.8, 4) is 0 Å². The van der Waals surface area contributed by atoms with Gasteiger partial charge in [-0.2, -0.15) is 5.10 Å². The zero-order chi connectivity index (χ0) is 17.4. The van der Waals surface area contributed by atoms with Crippen molar-refractivity contribution in [2.24, 2.45) is 5.92 Å². The Morgan fingerprint density at radius 1 is 1.20 bits per heavy atom. The maximum absolute atomic E-state index is 12.5. The van der Waals surface area contributed by atoms with Gasteiger partial charge in [-0.15, -0.1) is 0 Å². The largest absolute Gasteiger partial charge is 0.326 e. The molecule has 2 aromatic carbocycles. The van der Waals surface area contributed by atoms with E-state index in [1.54, 1.807) is 29.2 Å². The van der Waals surface area contributed by atoms with E-state index in [1.165, 1.54) is 0 Å². The second-order valence-electron chi connectivity index (χ2n) is 5.99. The second-order valence-corrected chi connectivity index (χ2v) is 6.43. The number of nitrogens with zero attached hydrogens (tertiary/aromatic N) is 2. The number of hydrogen-bond donors (Lipinski definition) is 2. The molecule has 1 aromatic heterocycles. The van der Waals surface area contributed by atoms with Crippen LogP contribution >= 0.6 is 11.6 Å². The number of nitrogens with one attached hydrogen (secondary N) is 2. The van der Waals surface area contributed by atoms with Crippen LogP contribution in [0.5, 0.6) is 0 Å². The zero-order valence-electron chi connectivity index (χ0n) is 13.2. The van der Waals surface area contributed by atoms with Gasteiger partial charge in [-0.1, -0.05) is 23.7 Å². The molecule has 0 bridgehead atoms. The summed E-state index contributed by atoms with van der Waals surface area (Å²) in [5.41, 5.74) is 1.52. The molecule has 1 atom stereocenters. The molecule has 4 rings (SSSR count). The third kappa shape index (κ3) is 2.96. The first-order valence-electron chi connectivity index (χ1n) is 7.92. The van der Waals surface area contributed by atoms with Crippen molar-refractivity contribution >= 4 is 45.8 Å². The van der Waals surface area contributed by atoms with E-state index in [1.807, 2.05) is 24.3 Å². The Kier molecular flexibility index (Phi) is 3.89. The first-order valence-corrected chi connectivity index (χ1v) is 8.29. The van der Waals surface area contributed by atoms with Crippen LogP contribution in [0.25, 0.3) is 10.9 Å². The first kappa shape index (κ1) is 15.7. The Morgan fingerprint density at radius 2 is 1.96 bits per heavy atom. The number of benzene rings is 2. The maximum Gasteiger partial charge on any atom is 0.229 e. The van der Waals surface area contributed by atoms with Gasteiger partial charge in [0.2, 0.25) is 11.8 Å². The molecule has 1 unspecified atom stereocenters. The molecular weight excluding hydrogens is 340 g/mol. The molecule has 0 aliphatic carbocycles. The fourth-order valence-electron chi connectivity index (χ4n) is 3.02. The summed E-state index contributed by atoms with van der Waals surface area (Å²) in [6.07, 6.45) is 0.167. The molecular formula is C18H15ClN4O2. The topological polar surface area (TPSA) is 78.1 Å². The van der Waals surface area contributed by atoms with Crippen LogP contribution in [-0.4, -0.2) is 28.6 Å². The number of rotatable bonds is 3. The van der Waals surface area contributed by atoms with Crippen LogP contribution in [-0.2, 0) is 9.59 Å². The number of carbonyl (C=O) groups is 2. The summed E-state index contributed by atoms with van der Waals surface area (Å²) in [5.74, 6) is -0.132. The van der Waals surface area contributed by atoms with Crippen molar-refractivity contribution in [3.05, 3.63) is 53.6 Å². The summed E-state index contributed by atoms with van der Waals surface area (Å²) in [5, 5.41) is 11.5. The maximum atomic E-state index is 12.5. The Hall–Kier alpha value is -2.86. The molecule has 0 radical (unpaired) electrons. The smallest absolute Gasteiger partial charge is 0.229 e. The lowest BCUT2D eigenvalue weighted by Gasteiger charge is -2.14. The van der Waals surface area contributed by atoms with Gasteiger partial charge in [0.25, 0.3) is 0 Å². The van der Waals surface area contributed by atoms with Crippen LogP contribution in [0.1, 0.15) is 6.42 Å². The van der Waals surface area contributed by atoms with Crippen LogP contribution in [0, 0.1) is 5.92 Å². The van der Waals surface area contributed by atoms with E-state index in [0.29, 0.717) is 23.1 Å². The predicted octanol–water partition coefficient (Wildman–Crippen LogP) is 3.21. The molecule has 6 nitrogen and oxygen atoms in total. The minimum Gasteiger partial charge on any atom is -0.326 e. The van der Waals surface area contributed by atoms with Gasteiger partial charge < -0.3 is 5.32 Å². The van der Waals surface area contributed by atoms with E-state index in [2.05, 4.69) is 15.5 Å². The predicted molar refractivity (Wildman–Crippen MR) is 96.6 cm³/mol. The van der Waals surface area contributed by atoms with Gasteiger partial charge in [0.05, 0.1) is 11.4 Å². The number of anilines is 2. The Labute approximate surface area is 148 Å². The van der Waals surface area contributed by atoms with Crippen molar-refractivity contribution in [1.82, 2.24) is 10.2 Å². The average Bonchev–Trinajstić information content (AvgIpc) is 3.20. The highest BCUT2D eigenvalue weighted by Gasteiger charge is 2.36. The molecule has 1 fully saturated rings. The van der Waals surface area contributed by atoms with Crippen LogP contribution in [0.2, 0.25) is 5.02 Å². The minimum absolute atomic E-state index is 0.103. The third-order valence-electron chi connectivity index (χ3n) is 4.31. The molecule has 0 saturated carbocycles. The van der Waals surface area contributed by atoms with Crippen LogP contribution in [0.4, 0.5) is 11.5 Å². The number of carbonyl (C=O) groups excluding carboxylic acids is 2. The minimum atomic E-state index is -0.418. The van der Waals surface area contributed by atoms with E-state index in [-0.39, 0.29) is 18.2 Å². The molecule has 3 aromatic rings.